The number of piperidine rings is 1. The molecule has 5 atom stereocenters. The molecule has 8 nitrogen and oxygen atoms in total. The van der Waals surface area contributed by atoms with E-state index in [4.69, 9.17) is 0 Å². The van der Waals surface area contributed by atoms with Gasteiger partial charge in [0.15, 0.2) is 10.1 Å². The fourth-order valence-corrected chi connectivity index (χ4v) is 9.40. The molecule has 1 N–H and O–H groups in total. The maximum atomic E-state index is 13.4. The Bertz CT molecular complexity index is 1110. The van der Waals surface area contributed by atoms with Crippen LogP contribution in [0.1, 0.15) is 31.4 Å². The molecule has 0 radical (unpaired) electrons. The number of aliphatic imine (C=N–C) groups is 1. The predicted octanol–water partition coefficient (Wildman–Crippen LogP) is 2.19. The van der Waals surface area contributed by atoms with Crippen LogP contribution >= 0.6 is 11.8 Å². The van der Waals surface area contributed by atoms with Gasteiger partial charge in [0.1, 0.15) is 5.82 Å². The number of fused-ring (bicyclic) bond motifs is 2. The minimum atomic E-state index is -4.61. The van der Waals surface area contributed by atoms with E-state index in [1.807, 2.05) is 0 Å². The molecule has 4 heterocycles. The lowest BCUT2D eigenvalue weighted by atomic mass is 9.96. The molecule has 2 unspecified atom stereocenters. The minimum absolute atomic E-state index is 0.0149. The third kappa shape index (κ3) is 4.06. The normalized spacial score (nSPS) is 33.4. The molecule has 13 heteroatoms. The van der Waals surface area contributed by atoms with Gasteiger partial charge in [-0.1, -0.05) is 24.6 Å². The maximum absolute atomic E-state index is 13.4. The second kappa shape index (κ2) is 7.95. The summed E-state index contributed by atoms with van der Waals surface area (Å²) in [7, 11) is -3.43. The van der Waals surface area contributed by atoms with Gasteiger partial charge in [0, 0.05) is 37.5 Å². The van der Waals surface area contributed by atoms with Crippen LogP contribution in [0.5, 0.6) is 0 Å². The van der Waals surface area contributed by atoms with Gasteiger partial charge in [-0.25, -0.2) is 13.4 Å². The molecule has 0 bridgehead atoms. The largest absolute Gasteiger partial charge is 0.433 e. The van der Waals surface area contributed by atoms with Gasteiger partial charge in [0.2, 0.25) is 15.8 Å². The number of anilines is 2. The van der Waals surface area contributed by atoms with Crippen LogP contribution in [-0.4, -0.2) is 77.2 Å². The van der Waals surface area contributed by atoms with E-state index < -0.39 is 27.8 Å². The average molecular weight is 518 g/mol. The lowest BCUT2D eigenvalue weighted by Crippen LogP contribution is -2.51. The number of aliphatic hydroxyl groups excluding tert-OH is 1. The number of halogens is 3. The molecule has 1 aromatic heterocycles. The van der Waals surface area contributed by atoms with Crippen LogP contribution in [0.2, 0.25) is 0 Å². The van der Waals surface area contributed by atoms with Gasteiger partial charge in [-0.05, 0) is 30.6 Å². The summed E-state index contributed by atoms with van der Waals surface area (Å²) in [5, 5.41) is 9.79. The van der Waals surface area contributed by atoms with E-state index in [2.05, 4.69) is 15.0 Å². The van der Waals surface area contributed by atoms with Crippen molar-refractivity contribution in [3.8, 4) is 0 Å². The number of alkyl halides is 3. The molecule has 2 saturated carbocycles. The zero-order valence-electron chi connectivity index (χ0n) is 18.4. The summed E-state index contributed by atoms with van der Waals surface area (Å²) in [6, 6.07) is 1.09. The predicted molar refractivity (Wildman–Crippen MR) is 123 cm³/mol. The van der Waals surface area contributed by atoms with Crippen molar-refractivity contribution in [3.05, 3.63) is 11.8 Å². The van der Waals surface area contributed by atoms with Crippen molar-refractivity contribution in [1.82, 2.24) is 9.97 Å². The standard InChI is InChI=1S/C21H26F3N5O3S2/c22-21(23,24)17-5-18(27-19(26-17)29-6-11(30)7-29)28-8-12-13(9-28)14(12)10-34(31,32)20-25-15-3-1-2-4-16(15)33-20/h5,11-16,30H,1-4,6-10H2/t12-,13+,14+,15?,16?. The Balaban J connectivity index is 1.13. The molecular weight excluding hydrogens is 491 g/mol. The molecular formula is C21H26F3N5O3S2. The fraction of sp³-hybridized carbons (Fsp3) is 0.762. The highest BCUT2D eigenvalue weighted by atomic mass is 32.3. The van der Waals surface area contributed by atoms with Crippen molar-refractivity contribution in [1.29, 1.82) is 0 Å². The topological polar surface area (TPSA) is 99.0 Å². The van der Waals surface area contributed by atoms with Gasteiger partial charge in [-0.15, -0.1) is 0 Å². The van der Waals surface area contributed by atoms with Gasteiger partial charge in [0.05, 0.1) is 17.9 Å². The van der Waals surface area contributed by atoms with Crippen molar-refractivity contribution < 1.29 is 26.7 Å². The summed E-state index contributed by atoms with van der Waals surface area (Å²) < 4.78 is 66.6. The highest BCUT2D eigenvalue weighted by molar-refractivity contribution is 8.35. The van der Waals surface area contributed by atoms with Crippen molar-refractivity contribution in [2.75, 3.05) is 41.7 Å². The zero-order valence-corrected chi connectivity index (χ0v) is 20.0. The summed E-state index contributed by atoms with van der Waals surface area (Å²) >= 11 is 1.42. The van der Waals surface area contributed by atoms with Crippen LogP contribution in [0.15, 0.2) is 11.1 Å². The van der Waals surface area contributed by atoms with Crippen LogP contribution in [0, 0.1) is 17.8 Å². The second-order valence-electron chi connectivity index (χ2n) is 10.0. The zero-order chi connectivity index (χ0) is 23.8. The van der Waals surface area contributed by atoms with E-state index in [1.165, 1.54) is 16.7 Å². The highest BCUT2D eigenvalue weighted by Gasteiger charge is 2.58. The minimum Gasteiger partial charge on any atom is -0.389 e. The molecule has 186 valence electrons. The van der Waals surface area contributed by atoms with Crippen molar-refractivity contribution in [2.24, 2.45) is 22.7 Å². The van der Waals surface area contributed by atoms with Crippen LogP contribution in [0.25, 0.3) is 0 Å². The Morgan fingerprint density at radius 2 is 1.76 bits per heavy atom. The molecule has 0 spiro atoms. The number of aromatic nitrogens is 2. The summed E-state index contributed by atoms with van der Waals surface area (Å²) in [6.45, 7) is 1.36. The maximum Gasteiger partial charge on any atom is 0.433 e. The first-order valence-electron chi connectivity index (χ1n) is 11.7. The Hall–Kier alpha value is -1.60. The van der Waals surface area contributed by atoms with Crippen LogP contribution in [0.4, 0.5) is 24.9 Å². The van der Waals surface area contributed by atoms with Gasteiger partial charge in [0.25, 0.3) is 0 Å². The molecule has 34 heavy (non-hydrogen) atoms. The third-order valence-electron chi connectivity index (χ3n) is 7.70. The number of β-amino-alcohol motifs (C(OH)–C–C–N with tert-alkyl or cyclic N) is 1. The number of aliphatic hydroxyl groups is 1. The summed E-state index contributed by atoms with van der Waals surface area (Å²) in [6.07, 6.45) is -1.00. The first-order valence-corrected chi connectivity index (χ1v) is 14.2. The lowest BCUT2D eigenvalue weighted by Gasteiger charge is -2.36. The van der Waals surface area contributed by atoms with Crippen molar-refractivity contribution in [3.63, 3.8) is 0 Å². The number of sulfone groups is 1. The van der Waals surface area contributed by atoms with E-state index in [-0.39, 0.29) is 59.7 Å². The van der Waals surface area contributed by atoms with E-state index >= 15 is 0 Å². The Morgan fingerprint density at radius 1 is 1.06 bits per heavy atom. The summed E-state index contributed by atoms with van der Waals surface area (Å²) in [4.78, 5) is 15.8. The molecule has 1 aromatic rings. The van der Waals surface area contributed by atoms with E-state index in [0.717, 1.165) is 31.7 Å². The van der Waals surface area contributed by atoms with Crippen LogP contribution in [0.3, 0.4) is 0 Å². The van der Waals surface area contributed by atoms with Crippen LogP contribution in [-0.2, 0) is 16.0 Å². The Kier molecular flexibility index (Phi) is 5.34. The fourth-order valence-electron chi connectivity index (χ4n) is 5.71. The number of hydrogen-bond donors (Lipinski definition) is 1. The first kappa shape index (κ1) is 22.8. The summed E-state index contributed by atoms with van der Waals surface area (Å²) in [5.74, 6) is 0.502. The second-order valence-corrected chi connectivity index (χ2v) is 13.5. The molecule has 3 aliphatic heterocycles. The van der Waals surface area contributed by atoms with Gasteiger partial charge in [-0.3, -0.25) is 4.99 Å². The lowest BCUT2D eigenvalue weighted by molar-refractivity contribution is -0.141. The number of thioether (sulfide) groups is 1. The SMILES string of the molecule is O=S(=O)(C[C@H]1[C@@H]2CN(c3cc(C(F)(F)F)nc(N4CC(O)C4)n3)C[C@@H]21)C1=NC2CCCCC2S1. The Labute approximate surface area is 199 Å². The van der Waals surface area contributed by atoms with E-state index in [1.54, 1.807) is 4.90 Å². The van der Waals surface area contributed by atoms with Crippen molar-refractivity contribution in [2.45, 2.75) is 49.3 Å². The average Bonchev–Trinajstić information content (AvgIpc) is 3.15. The van der Waals surface area contributed by atoms with E-state index in [0.29, 0.717) is 17.5 Å². The van der Waals surface area contributed by atoms with Crippen LogP contribution < -0.4 is 9.80 Å². The molecule has 0 amide bonds. The molecule has 5 aliphatic rings. The van der Waals surface area contributed by atoms with Gasteiger partial charge < -0.3 is 14.9 Å². The highest BCUT2D eigenvalue weighted by Crippen LogP contribution is 2.54. The third-order valence-corrected chi connectivity index (χ3v) is 11.4. The van der Waals surface area contributed by atoms with E-state index in [9.17, 15) is 26.7 Å². The number of hydrogen-bond acceptors (Lipinski definition) is 9. The molecule has 4 fully saturated rings. The smallest absolute Gasteiger partial charge is 0.389 e. The quantitative estimate of drug-likeness (QED) is 0.649. The molecule has 0 aromatic carbocycles. The van der Waals surface area contributed by atoms with Gasteiger partial charge >= 0.3 is 6.18 Å². The molecule has 2 aliphatic carbocycles. The number of nitrogens with zero attached hydrogens (tertiary/aromatic N) is 5. The van der Waals surface area contributed by atoms with Gasteiger partial charge in [-0.2, -0.15) is 18.2 Å². The summed E-state index contributed by atoms with van der Waals surface area (Å²) in [5.41, 5.74) is -1.01. The monoisotopic (exact) mass is 517 g/mol. The Morgan fingerprint density at radius 3 is 2.41 bits per heavy atom. The molecule has 2 saturated heterocycles. The number of rotatable bonds is 4. The van der Waals surface area contributed by atoms with Crippen molar-refractivity contribution >= 4 is 37.7 Å². The molecule has 6 rings (SSSR count). The first-order chi connectivity index (χ1) is 16.1.